The van der Waals surface area contributed by atoms with Crippen LogP contribution in [-0.2, 0) is 9.53 Å². The van der Waals surface area contributed by atoms with Crippen molar-refractivity contribution in [2.75, 3.05) is 32.7 Å². The number of carbonyl (C=O) groups is 2. The van der Waals surface area contributed by atoms with E-state index in [4.69, 9.17) is 4.74 Å². The fourth-order valence-electron chi connectivity index (χ4n) is 3.40. The van der Waals surface area contributed by atoms with Crippen LogP contribution in [0.5, 0.6) is 0 Å². The zero-order chi connectivity index (χ0) is 17.7. The summed E-state index contributed by atoms with van der Waals surface area (Å²) in [7, 11) is 0. The molecule has 2 amide bonds. The van der Waals surface area contributed by atoms with Gasteiger partial charge in [-0.1, -0.05) is 19.8 Å². The summed E-state index contributed by atoms with van der Waals surface area (Å²) >= 11 is 0. The molecule has 1 heterocycles. The maximum Gasteiger partial charge on any atom is 0.410 e. The summed E-state index contributed by atoms with van der Waals surface area (Å²) < 4.78 is 5.40. The van der Waals surface area contributed by atoms with Gasteiger partial charge in [0.1, 0.15) is 5.60 Å². The molecule has 1 aliphatic carbocycles. The molecule has 2 atom stereocenters. The van der Waals surface area contributed by atoms with Gasteiger partial charge in [-0.15, -0.1) is 0 Å². The van der Waals surface area contributed by atoms with Gasteiger partial charge in [0.2, 0.25) is 5.91 Å². The Morgan fingerprint density at radius 1 is 1.08 bits per heavy atom. The molecular formula is C18H33N3O3. The first-order chi connectivity index (χ1) is 11.2. The van der Waals surface area contributed by atoms with Crippen LogP contribution in [-0.4, -0.2) is 66.2 Å². The highest BCUT2D eigenvalue weighted by molar-refractivity contribution is 5.78. The summed E-state index contributed by atoms with van der Waals surface area (Å²) in [6.07, 6.45) is 4.53. The predicted molar refractivity (Wildman–Crippen MR) is 93.8 cm³/mol. The Hall–Kier alpha value is -1.30. The minimum atomic E-state index is -0.467. The van der Waals surface area contributed by atoms with E-state index in [1.807, 2.05) is 20.8 Å². The molecular weight excluding hydrogens is 306 g/mol. The molecule has 2 aliphatic rings. The van der Waals surface area contributed by atoms with E-state index in [1.54, 1.807) is 4.90 Å². The van der Waals surface area contributed by atoms with Crippen molar-refractivity contribution in [2.45, 2.75) is 65.0 Å². The summed E-state index contributed by atoms with van der Waals surface area (Å²) in [5.41, 5.74) is -0.467. The summed E-state index contributed by atoms with van der Waals surface area (Å²) in [4.78, 5) is 28.2. The number of piperazine rings is 1. The number of carbonyl (C=O) groups excluding carboxylic acids is 2. The summed E-state index contributed by atoms with van der Waals surface area (Å²) in [5.74, 6) is 0.686. The Labute approximate surface area is 145 Å². The highest BCUT2D eigenvalue weighted by Gasteiger charge is 2.27. The highest BCUT2D eigenvalue weighted by atomic mass is 16.6. The summed E-state index contributed by atoms with van der Waals surface area (Å²) in [6.45, 7) is 10.9. The Balaban J connectivity index is 1.70. The van der Waals surface area contributed by atoms with E-state index >= 15 is 0 Å². The average molecular weight is 339 g/mol. The third-order valence-corrected chi connectivity index (χ3v) is 4.85. The molecule has 0 spiro atoms. The van der Waals surface area contributed by atoms with Gasteiger partial charge in [-0.05, 0) is 39.5 Å². The zero-order valence-electron chi connectivity index (χ0n) is 15.6. The number of hydrogen-bond acceptors (Lipinski definition) is 4. The van der Waals surface area contributed by atoms with E-state index in [0.717, 1.165) is 6.42 Å². The first kappa shape index (κ1) is 19.0. The van der Waals surface area contributed by atoms with Crippen LogP contribution >= 0.6 is 0 Å². The van der Waals surface area contributed by atoms with Crippen LogP contribution in [0.15, 0.2) is 0 Å². The summed E-state index contributed by atoms with van der Waals surface area (Å²) in [6, 6.07) is 0.328. The molecule has 0 aromatic carbocycles. The fraction of sp³-hybridized carbons (Fsp3) is 0.889. The van der Waals surface area contributed by atoms with Gasteiger partial charge in [-0.3, -0.25) is 9.69 Å². The van der Waals surface area contributed by atoms with Crippen molar-refractivity contribution in [2.24, 2.45) is 5.92 Å². The Bertz CT molecular complexity index is 439. The molecule has 6 nitrogen and oxygen atoms in total. The van der Waals surface area contributed by atoms with Crippen LogP contribution in [0.4, 0.5) is 4.79 Å². The number of rotatable bonds is 3. The van der Waals surface area contributed by atoms with E-state index in [1.165, 1.54) is 19.3 Å². The largest absolute Gasteiger partial charge is 0.444 e. The van der Waals surface area contributed by atoms with Crippen LogP contribution in [0.1, 0.15) is 53.4 Å². The maximum atomic E-state index is 12.3. The molecule has 2 rings (SSSR count). The zero-order valence-corrected chi connectivity index (χ0v) is 15.6. The van der Waals surface area contributed by atoms with E-state index in [-0.39, 0.29) is 12.0 Å². The lowest BCUT2D eigenvalue weighted by Crippen LogP contribution is -2.53. The Morgan fingerprint density at radius 3 is 2.29 bits per heavy atom. The quantitative estimate of drug-likeness (QED) is 0.856. The molecule has 0 aromatic heterocycles. The predicted octanol–water partition coefficient (Wildman–Crippen LogP) is 2.23. The number of ether oxygens (including phenoxy) is 1. The molecule has 1 aliphatic heterocycles. The minimum absolute atomic E-state index is 0.111. The molecule has 1 saturated carbocycles. The molecule has 0 radical (unpaired) electrons. The monoisotopic (exact) mass is 339 g/mol. The Morgan fingerprint density at radius 2 is 1.71 bits per heavy atom. The number of nitrogens with one attached hydrogen (secondary N) is 1. The van der Waals surface area contributed by atoms with Gasteiger partial charge in [-0.25, -0.2) is 4.79 Å². The van der Waals surface area contributed by atoms with Crippen LogP contribution in [0, 0.1) is 5.92 Å². The van der Waals surface area contributed by atoms with Crippen LogP contribution < -0.4 is 5.32 Å². The standard InChI is InChI=1S/C18H33N3O3/c1-14-7-5-6-8-15(14)19-16(22)13-20-9-11-21(12-10-20)17(23)24-18(2,3)4/h14-15H,5-13H2,1-4H3,(H,19,22). The lowest BCUT2D eigenvalue weighted by Gasteiger charge is -2.36. The number of hydrogen-bond donors (Lipinski definition) is 1. The first-order valence-corrected chi connectivity index (χ1v) is 9.24. The molecule has 138 valence electrons. The lowest BCUT2D eigenvalue weighted by molar-refractivity contribution is -0.123. The topological polar surface area (TPSA) is 61.9 Å². The van der Waals surface area contributed by atoms with Gasteiger partial charge in [0.15, 0.2) is 0 Å². The SMILES string of the molecule is CC1CCCCC1NC(=O)CN1CCN(C(=O)OC(C)(C)C)CC1. The number of nitrogens with zero attached hydrogens (tertiary/aromatic N) is 2. The molecule has 2 unspecified atom stereocenters. The van der Waals surface area contributed by atoms with Crippen molar-refractivity contribution in [1.29, 1.82) is 0 Å². The van der Waals surface area contributed by atoms with E-state index in [9.17, 15) is 9.59 Å². The van der Waals surface area contributed by atoms with Crippen LogP contribution in [0.2, 0.25) is 0 Å². The maximum absolute atomic E-state index is 12.3. The molecule has 2 fully saturated rings. The van der Waals surface area contributed by atoms with E-state index < -0.39 is 5.60 Å². The first-order valence-electron chi connectivity index (χ1n) is 9.24. The van der Waals surface area contributed by atoms with E-state index in [2.05, 4.69) is 17.1 Å². The van der Waals surface area contributed by atoms with Gasteiger partial charge in [0.25, 0.3) is 0 Å². The molecule has 1 N–H and O–H groups in total. The van der Waals surface area contributed by atoms with Crippen LogP contribution in [0.25, 0.3) is 0 Å². The minimum Gasteiger partial charge on any atom is -0.444 e. The van der Waals surface area contributed by atoms with Crippen molar-refractivity contribution in [3.05, 3.63) is 0 Å². The lowest BCUT2D eigenvalue weighted by atomic mass is 9.86. The second-order valence-corrected chi connectivity index (χ2v) is 8.18. The van der Waals surface area contributed by atoms with Crippen molar-refractivity contribution in [1.82, 2.24) is 15.1 Å². The second kappa shape index (κ2) is 8.19. The van der Waals surface area contributed by atoms with Gasteiger partial charge in [0.05, 0.1) is 6.54 Å². The van der Waals surface area contributed by atoms with Gasteiger partial charge >= 0.3 is 6.09 Å². The number of amides is 2. The molecule has 6 heteroatoms. The van der Waals surface area contributed by atoms with Crippen molar-refractivity contribution in [3.63, 3.8) is 0 Å². The molecule has 24 heavy (non-hydrogen) atoms. The van der Waals surface area contributed by atoms with Gasteiger partial charge in [-0.2, -0.15) is 0 Å². The third kappa shape index (κ3) is 5.96. The van der Waals surface area contributed by atoms with Crippen molar-refractivity contribution in [3.8, 4) is 0 Å². The second-order valence-electron chi connectivity index (χ2n) is 8.18. The van der Waals surface area contributed by atoms with Gasteiger partial charge < -0.3 is 15.0 Å². The molecule has 1 saturated heterocycles. The summed E-state index contributed by atoms with van der Waals surface area (Å²) in [5, 5.41) is 3.20. The smallest absolute Gasteiger partial charge is 0.410 e. The highest BCUT2D eigenvalue weighted by Crippen LogP contribution is 2.23. The normalized spacial score (nSPS) is 26.1. The van der Waals surface area contributed by atoms with E-state index in [0.29, 0.717) is 44.7 Å². The van der Waals surface area contributed by atoms with Crippen molar-refractivity contribution >= 4 is 12.0 Å². The van der Waals surface area contributed by atoms with Crippen LogP contribution in [0.3, 0.4) is 0 Å². The fourth-order valence-corrected chi connectivity index (χ4v) is 3.40. The Kier molecular flexibility index (Phi) is 6.49. The third-order valence-electron chi connectivity index (χ3n) is 4.85. The average Bonchev–Trinajstić information content (AvgIpc) is 2.48. The molecule has 0 bridgehead atoms. The van der Waals surface area contributed by atoms with Crippen molar-refractivity contribution < 1.29 is 14.3 Å². The van der Waals surface area contributed by atoms with Gasteiger partial charge in [0, 0.05) is 32.2 Å². The molecule has 0 aromatic rings.